The molecule has 3 aromatic rings. The third kappa shape index (κ3) is 3.84. The van der Waals surface area contributed by atoms with Gasteiger partial charge >= 0.3 is 0 Å². The lowest BCUT2D eigenvalue weighted by Gasteiger charge is -2.21. The van der Waals surface area contributed by atoms with E-state index in [9.17, 15) is 4.79 Å². The summed E-state index contributed by atoms with van der Waals surface area (Å²) in [6.45, 7) is 3.97. The first-order chi connectivity index (χ1) is 13.6. The minimum Gasteiger partial charge on any atom is -0.497 e. The lowest BCUT2D eigenvalue weighted by Crippen LogP contribution is -2.23. The van der Waals surface area contributed by atoms with E-state index in [1.54, 1.807) is 7.11 Å². The summed E-state index contributed by atoms with van der Waals surface area (Å²) in [5.74, 6) is 1.16. The van der Waals surface area contributed by atoms with Gasteiger partial charge in [-0.15, -0.1) is 0 Å². The predicted octanol–water partition coefficient (Wildman–Crippen LogP) is 4.37. The number of hydrogen-bond donors (Lipinski definition) is 1. The van der Waals surface area contributed by atoms with Crippen molar-refractivity contribution in [2.24, 2.45) is 0 Å². The molecule has 6 nitrogen and oxygen atoms in total. The summed E-state index contributed by atoms with van der Waals surface area (Å²) >= 11 is 1.18. The van der Waals surface area contributed by atoms with Gasteiger partial charge in [-0.25, -0.2) is 0 Å². The number of anilines is 2. The highest BCUT2D eigenvalue weighted by atomic mass is 32.1. The van der Waals surface area contributed by atoms with E-state index in [0.29, 0.717) is 16.5 Å². The minimum absolute atomic E-state index is 0.154. The van der Waals surface area contributed by atoms with E-state index in [1.165, 1.54) is 11.5 Å². The Hall–Kier alpha value is -2.93. The topological polar surface area (TPSA) is 67.3 Å². The molecule has 144 valence electrons. The molecule has 2 aromatic carbocycles. The van der Waals surface area contributed by atoms with Crippen LogP contribution in [-0.2, 0) is 0 Å². The van der Waals surface area contributed by atoms with E-state index >= 15 is 0 Å². The predicted molar refractivity (Wildman–Crippen MR) is 112 cm³/mol. The summed E-state index contributed by atoms with van der Waals surface area (Å²) in [5, 5.41) is 3.40. The van der Waals surface area contributed by atoms with Gasteiger partial charge in [-0.2, -0.15) is 9.36 Å². The number of ether oxygens (including phenoxy) is 1. The van der Waals surface area contributed by atoms with Crippen LogP contribution in [0.1, 0.15) is 28.8 Å². The zero-order valence-electron chi connectivity index (χ0n) is 15.9. The maximum Gasteiger partial charge on any atom is 0.259 e. The van der Waals surface area contributed by atoms with Crippen LogP contribution in [0.2, 0.25) is 0 Å². The first-order valence-electron chi connectivity index (χ1n) is 9.29. The smallest absolute Gasteiger partial charge is 0.259 e. The average molecular weight is 395 g/mol. The van der Waals surface area contributed by atoms with Gasteiger partial charge in [-0.3, -0.25) is 10.1 Å². The van der Waals surface area contributed by atoms with Gasteiger partial charge < -0.3 is 9.64 Å². The zero-order chi connectivity index (χ0) is 19.5. The van der Waals surface area contributed by atoms with Crippen molar-refractivity contribution in [3.63, 3.8) is 0 Å². The molecule has 2 heterocycles. The van der Waals surface area contributed by atoms with Gasteiger partial charge in [0.25, 0.3) is 5.91 Å². The van der Waals surface area contributed by atoms with Crippen LogP contribution in [0.25, 0.3) is 11.4 Å². The first-order valence-corrected chi connectivity index (χ1v) is 10.1. The van der Waals surface area contributed by atoms with Crippen molar-refractivity contribution in [3.05, 3.63) is 53.6 Å². The largest absolute Gasteiger partial charge is 0.497 e. The van der Waals surface area contributed by atoms with Crippen LogP contribution in [0.3, 0.4) is 0 Å². The lowest BCUT2D eigenvalue weighted by atomic mass is 10.1. The molecular formula is C21H22N4O2S. The van der Waals surface area contributed by atoms with Crippen molar-refractivity contribution in [3.8, 4) is 17.1 Å². The Morgan fingerprint density at radius 3 is 2.79 bits per heavy atom. The molecule has 1 saturated heterocycles. The van der Waals surface area contributed by atoms with E-state index in [4.69, 9.17) is 4.74 Å². The standard InChI is InChI=1S/C21H22N4O2S/c1-14-8-9-18(25-10-3-4-11-25)17(12-14)20(26)23-21-22-19(24-28-21)15-6-5-7-16(13-15)27-2/h5-9,12-13H,3-4,10-11H2,1-2H3,(H,22,23,24,26). The highest BCUT2D eigenvalue weighted by Crippen LogP contribution is 2.28. The Balaban J connectivity index is 1.56. The van der Waals surface area contributed by atoms with E-state index in [1.807, 2.05) is 43.3 Å². The molecule has 0 unspecified atom stereocenters. The molecule has 1 aromatic heterocycles. The number of benzene rings is 2. The summed E-state index contributed by atoms with van der Waals surface area (Å²) in [6, 6.07) is 13.6. The highest BCUT2D eigenvalue weighted by Gasteiger charge is 2.20. The second-order valence-corrected chi connectivity index (χ2v) is 7.58. The fourth-order valence-corrected chi connectivity index (χ4v) is 3.97. The highest BCUT2D eigenvalue weighted by molar-refractivity contribution is 7.10. The Bertz CT molecular complexity index is 996. The summed E-state index contributed by atoms with van der Waals surface area (Å²) < 4.78 is 9.63. The maximum absolute atomic E-state index is 13.0. The lowest BCUT2D eigenvalue weighted by molar-refractivity contribution is 0.102. The van der Waals surface area contributed by atoms with Gasteiger partial charge in [0.2, 0.25) is 5.13 Å². The van der Waals surface area contributed by atoms with Gasteiger partial charge in [-0.05, 0) is 44.0 Å². The van der Waals surface area contributed by atoms with Crippen LogP contribution in [0, 0.1) is 6.92 Å². The third-order valence-electron chi connectivity index (χ3n) is 4.82. The van der Waals surface area contributed by atoms with E-state index in [0.717, 1.165) is 48.5 Å². The molecule has 1 aliphatic heterocycles. The Morgan fingerprint density at radius 1 is 1.18 bits per heavy atom. The second kappa shape index (κ2) is 7.98. The molecule has 4 rings (SSSR count). The number of methoxy groups -OCH3 is 1. The number of aromatic nitrogens is 2. The van der Waals surface area contributed by atoms with Gasteiger partial charge in [0, 0.05) is 35.9 Å². The molecule has 0 bridgehead atoms. The van der Waals surface area contributed by atoms with Crippen LogP contribution < -0.4 is 15.0 Å². The molecule has 1 N–H and O–H groups in total. The van der Waals surface area contributed by atoms with Crippen LogP contribution in [-0.4, -0.2) is 35.5 Å². The van der Waals surface area contributed by atoms with Crippen molar-refractivity contribution in [2.45, 2.75) is 19.8 Å². The Labute approximate surface area is 168 Å². The Kier molecular flexibility index (Phi) is 5.25. The molecule has 0 spiro atoms. The molecule has 0 aliphatic carbocycles. The van der Waals surface area contributed by atoms with Crippen LogP contribution in [0.15, 0.2) is 42.5 Å². The van der Waals surface area contributed by atoms with E-state index in [2.05, 4.69) is 25.6 Å². The normalized spacial score (nSPS) is 13.6. The van der Waals surface area contributed by atoms with Crippen molar-refractivity contribution in [2.75, 3.05) is 30.4 Å². The van der Waals surface area contributed by atoms with Crippen LogP contribution in [0.4, 0.5) is 10.8 Å². The molecule has 0 atom stereocenters. The SMILES string of the molecule is COc1cccc(-c2nsc(NC(=O)c3cc(C)ccc3N3CCCC3)n2)c1. The fraction of sp³-hybridized carbons (Fsp3) is 0.286. The molecule has 7 heteroatoms. The average Bonchev–Trinajstić information content (AvgIpc) is 3.40. The van der Waals surface area contributed by atoms with Gasteiger partial charge in [0.15, 0.2) is 5.82 Å². The second-order valence-electron chi connectivity index (χ2n) is 6.82. The molecule has 1 aliphatic rings. The Morgan fingerprint density at radius 2 is 2.00 bits per heavy atom. The van der Waals surface area contributed by atoms with Gasteiger partial charge in [0.1, 0.15) is 5.75 Å². The number of nitrogens with zero attached hydrogens (tertiary/aromatic N) is 3. The molecule has 0 radical (unpaired) electrons. The quantitative estimate of drug-likeness (QED) is 0.696. The van der Waals surface area contributed by atoms with E-state index < -0.39 is 0 Å². The summed E-state index contributed by atoms with van der Waals surface area (Å²) in [6.07, 6.45) is 2.32. The summed E-state index contributed by atoms with van der Waals surface area (Å²) in [7, 11) is 1.62. The fourth-order valence-electron chi connectivity index (χ4n) is 3.38. The molecule has 1 fully saturated rings. The molecular weight excluding hydrogens is 372 g/mol. The van der Waals surface area contributed by atoms with Crippen LogP contribution >= 0.6 is 11.5 Å². The first kappa shape index (κ1) is 18.4. The van der Waals surface area contributed by atoms with Gasteiger partial charge in [-0.1, -0.05) is 23.8 Å². The number of nitrogens with one attached hydrogen (secondary N) is 1. The summed E-state index contributed by atoms with van der Waals surface area (Å²) in [4.78, 5) is 19.7. The van der Waals surface area contributed by atoms with Crippen LogP contribution in [0.5, 0.6) is 5.75 Å². The number of hydrogen-bond acceptors (Lipinski definition) is 6. The number of amides is 1. The maximum atomic E-state index is 13.0. The van der Waals surface area contributed by atoms with Crippen molar-refractivity contribution in [1.82, 2.24) is 9.36 Å². The molecule has 0 saturated carbocycles. The third-order valence-corrected chi connectivity index (χ3v) is 5.45. The van der Waals surface area contributed by atoms with E-state index in [-0.39, 0.29) is 5.91 Å². The summed E-state index contributed by atoms with van der Waals surface area (Å²) in [5.41, 5.74) is 3.57. The number of carbonyl (C=O) groups is 1. The molecule has 28 heavy (non-hydrogen) atoms. The van der Waals surface area contributed by atoms with Crippen molar-refractivity contribution >= 4 is 28.3 Å². The number of rotatable bonds is 5. The minimum atomic E-state index is -0.154. The number of carbonyl (C=O) groups excluding carboxylic acids is 1. The van der Waals surface area contributed by atoms with Gasteiger partial charge in [0.05, 0.1) is 12.7 Å². The monoisotopic (exact) mass is 394 g/mol. The van der Waals surface area contributed by atoms with Crippen molar-refractivity contribution < 1.29 is 9.53 Å². The number of aryl methyl sites for hydroxylation is 1. The zero-order valence-corrected chi connectivity index (χ0v) is 16.8. The molecule has 1 amide bonds. The van der Waals surface area contributed by atoms with Crippen molar-refractivity contribution in [1.29, 1.82) is 0 Å².